The molecule has 0 aliphatic heterocycles. The summed E-state index contributed by atoms with van der Waals surface area (Å²) in [7, 11) is 0. The first-order valence-electron chi connectivity index (χ1n) is 22.8. The van der Waals surface area contributed by atoms with Gasteiger partial charge in [-0.2, -0.15) is 0 Å². The molecule has 0 bridgehead atoms. The van der Waals surface area contributed by atoms with Crippen LogP contribution in [0.3, 0.4) is 0 Å². The number of fused-ring (bicyclic) bond motifs is 10. The summed E-state index contributed by atoms with van der Waals surface area (Å²) in [6.45, 7) is 0. The largest absolute Gasteiger partial charge is 0.309 e. The minimum absolute atomic E-state index is 1.14. The average Bonchev–Trinajstić information content (AvgIpc) is 3.90. The molecule has 2 nitrogen and oxygen atoms in total. The summed E-state index contributed by atoms with van der Waals surface area (Å²) < 4.78 is 4.90. The van der Waals surface area contributed by atoms with Crippen molar-refractivity contribution >= 4 is 86.7 Å². The molecule has 0 saturated heterocycles. The quantitative estimate of drug-likeness (QED) is 0.153. The molecule has 14 rings (SSSR count). The van der Waals surface area contributed by atoms with Crippen LogP contribution >= 0.6 is 0 Å². The van der Waals surface area contributed by atoms with E-state index in [0.29, 0.717) is 0 Å². The van der Waals surface area contributed by atoms with Crippen LogP contribution in [0.2, 0.25) is 0 Å². The molecule has 306 valence electrons. The van der Waals surface area contributed by atoms with Crippen molar-refractivity contribution in [3.63, 3.8) is 0 Å². The third-order valence-electron chi connectivity index (χ3n) is 14.0. The molecule has 0 spiro atoms. The first-order chi connectivity index (χ1) is 32.7. The molecule has 66 heavy (non-hydrogen) atoms. The van der Waals surface area contributed by atoms with E-state index in [1.54, 1.807) is 0 Å². The van der Waals surface area contributed by atoms with Crippen LogP contribution in [0.4, 0.5) is 0 Å². The van der Waals surface area contributed by atoms with Crippen molar-refractivity contribution < 1.29 is 0 Å². The van der Waals surface area contributed by atoms with Gasteiger partial charge in [-0.05, 0) is 143 Å². The fourth-order valence-electron chi connectivity index (χ4n) is 11.1. The second kappa shape index (κ2) is 14.4. The highest BCUT2D eigenvalue weighted by molar-refractivity contribution is 6.23. The van der Waals surface area contributed by atoms with E-state index < -0.39 is 0 Å². The van der Waals surface area contributed by atoms with Gasteiger partial charge in [-0.3, -0.25) is 0 Å². The predicted molar refractivity (Wildman–Crippen MR) is 281 cm³/mol. The summed E-state index contributed by atoms with van der Waals surface area (Å²) in [5, 5.41) is 14.8. The van der Waals surface area contributed by atoms with Gasteiger partial charge in [0.05, 0.1) is 22.1 Å². The van der Waals surface area contributed by atoms with Crippen LogP contribution in [0.1, 0.15) is 0 Å². The van der Waals surface area contributed by atoms with Crippen LogP contribution in [-0.2, 0) is 0 Å². The highest BCUT2D eigenvalue weighted by atomic mass is 15.0. The highest BCUT2D eigenvalue weighted by Gasteiger charge is 2.22. The van der Waals surface area contributed by atoms with Crippen LogP contribution in [0.15, 0.2) is 243 Å². The predicted octanol–water partition coefficient (Wildman–Crippen LogP) is 17.5. The normalized spacial score (nSPS) is 11.9. The Morgan fingerprint density at radius 3 is 1.05 bits per heavy atom. The Morgan fingerprint density at radius 2 is 0.561 bits per heavy atom. The first kappa shape index (κ1) is 36.7. The van der Waals surface area contributed by atoms with E-state index in [4.69, 9.17) is 0 Å². The third kappa shape index (κ3) is 5.55. The van der Waals surface area contributed by atoms with Gasteiger partial charge in [0.25, 0.3) is 0 Å². The van der Waals surface area contributed by atoms with Crippen LogP contribution in [0, 0.1) is 0 Å². The topological polar surface area (TPSA) is 9.86 Å². The molecular formula is C64H40N2. The number of hydrogen-bond donors (Lipinski definition) is 0. The Balaban J connectivity index is 1.11. The third-order valence-corrected chi connectivity index (χ3v) is 14.0. The van der Waals surface area contributed by atoms with Crippen molar-refractivity contribution in [2.24, 2.45) is 0 Å². The standard InChI is InChI=1S/C64H40N2/c1-2-14-41(15-3-1)44-27-28-46-38-48(31-29-45(46)36-44)64-56-35-33-49(65-59-22-10-6-18-51(59)52-19-7-11-23-60(52)65)39-57(56)63(47-30-26-42-16-4-5-17-43(42)37-47)55-34-32-50(40-58(55)64)66-61-24-12-8-20-53(61)54-21-9-13-25-62(54)66/h1-40H. The van der Waals surface area contributed by atoms with Crippen LogP contribution in [0.5, 0.6) is 0 Å². The van der Waals surface area contributed by atoms with Gasteiger partial charge >= 0.3 is 0 Å². The summed E-state index contributed by atoms with van der Waals surface area (Å²) in [4.78, 5) is 0. The molecule has 0 amide bonds. The zero-order chi connectivity index (χ0) is 43.3. The molecular weight excluding hydrogens is 797 g/mol. The molecule has 0 atom stereocenters. The van der Waals surface area contributed by atoms with E-state index in [1.165, 1.54) is 120 Å². The summed E-state index contributed by atoms with van der Waals surface area (Å²) in [6, 6.07) is 89.9. The van der Waals surface area contributed by atoms with Gasteiger partial charge in [0.2, 0.25) is 0 Å². The van der Waals surface area contributed by atoms with E-state index in [9.17, 15) is 0 Å². The van der Waals surface area contributed by atoms with Gasteiger partial charge < -0.3 is 9.13 Å². The fraction of sp³-hybridized carbons (Fsp3) is 0. The summed E-state index contributed by atoms with van der Waals surface area (Å²) in [5.41, 5.74) is 14.4. The van der Waals surface area contributed by atoms with Crippen molar-refractivity contribution in [2.45, 2.75) is 0 Å². The first-order valence-corrected chi connectivity index (χ1v) is 22.8. The number of nitrogens with zero attached hydrogens (tertiary/aromatic N) is 2. The zero-order valence-corrected chi connectivity index (χ0v) is 36.0. The molecule has 0 unspecified atom stereocenters. The summed E-state index contributed by atoms with van der Waals surface area (Å²) in [6.07, 6.45) is 0. The van der Waals surface area contributed by atoms with Crippen LogP contribution < -0.4 is 0 Å². The van der Waals surface area contributed by atoms with Crippen molar-refractivity contribution in [1.29, 1.82) is 0 Å². The monoisotopic (exact) mass is 836 g/mol. The zero-order valence-electron chi connectivity index (χ0n) is 36.0. The number of benzene rings is 12. The van der Waals surface area contributed by atoms with Gasteiger partial charge in [0.1, 0.15) is 0 Å². The molecule has 0 N–H and O–H groups in total. The lowest BCUT2D eigenvalue weighted by atomic mass is 9.84. The lowest BCUT2D eigenvalue weighted by molar-refractivity contribution is 1.18. The van der Waals surface area contributed by atoms with E-state index >= 15 is 0 Å². The Bertz CT molecular complexity index is 4170. The number of rotatable bonds is 5. The second-order valence-electron chi connectivity index (χ2n) is 17.7. The van der Waals surface area contributed by atoms with E-state index in [-0.39, 0.29) is 0 Å². The molecule has 0 fully saturated rings. The molecule has 14 aromatic rings. The van der Waals surface area contributed by atoms with Crippen molar-refractivity contribution in [3.8, 4) is 44.8 Å². The van der Waals surface area contributed by atoms with Gasteiger partial charge in [-0.15, -0.1) is 0 Å². The minimum Gasteiger partial charge on any atom is -0.309 e. The van der Waals surface area contributed by atoms with E-state index in [1.807, 2.05) is 0 Å². The molecule has 2 aromatic heterocycles. The summed E-state index contributed by atoms with van der Waals surface area (Å²) in [5.74, 6) is 0. The maximum atomic E-state index is 2.46. The minimum atomic E-state index is 1.14. The van der Waals surface area contributed by atoms with E-state index in [0.717, 1.165) is 11.4 Å². The average molecular weight is 837 g/mol. The molecule has 0 saturated carbocycles. The molecule has 12 aromatic carbocycles. The number of para-hydroxylation sites is 4. The van der Waals surface area contributed by atoms with Gasteiger partial charge in [-0.25, -0.2) is 0 Å². The van der Waals surface area contributed by atoms with Gasteiger partial charge in [-0.1, -0.05) is 176 Å². The molecule has 2 heteroatoms. The van der Waals surface area contributed by atoms with Crippen molar-refractivity contribution in [2.75, 3.05) is 0 Å². The fourth-order valence-corrected chi connectivity index (χ4v) is 11.1. The Morgan fingerprint density at radius 1 is 0.197 bits per heavy atom. The number of hydrogen-bond acceptors (Lipinski definition) is 0. The maximum Gasteiger partial charge on any atom is 0.0541 e. The molecule has 2 heterocycles. The van der Waals surface area contributed by atoms with Crippen molar-refractivity contribution in [3.05, 3.63) is 243 Å². The Hall–Kier alpha value is -8.72. The molecule has 0 aliphatic carbocycles. The summed E-state index contributed by atoms with van der Waals surface area (Å²) >= 11 is 0. The Labute approximate surface area is 381 Å². The van der Waals surface area contributed by atoms with E-state index in [2.05, 4.69) is 252 Å². The smallest absolute Gasteiger partial charge is 0.0541 e. The maximum absolute atomic E-state index is 2.46. The lowest BCUT2D eigenvalue weighted by Gasteiger charge is -2.21. The van der Waals surface area contributed by atoms with Crippen LogP contribution in [0.25, 0.3) is 131 Å². The second-order valence-corrected chi connectivity index (χ2v) is 17.7. The van der Waals surface area contributed by atoms with Crippen LogP contribution in [-0.4, -0.2) is 9.13 Å². The lowest BCUT2D eigenvalue weighted by Crippen LogP contribution is -1.98. The van der Waals surface area contributed by atoms with Gasteiger partial charge in [0.15, 0.2) is 0 Å². The number of aromatic nitrogens is 2. The van der Waals surface area contributed by atoms with Gasteiger partial charge in [0, 0.05) is 32.9 Å². The highest BCUT2D eigenvalue weighted by Crippen LogP contribution is 2.47. The molecule has 0 aliphatic rings. The Kier molecular flexibility index (Phi) is 8.02. The van der Waals surface area contributed by atoms with Crippen molar-refractivity contribution in [1.82, 2.24) is 9.13 Å². The molecule has 0 radical (unpaired) electrons. The SMILES string of the molecule is c1ccc(-c2ccc3cc(-c4c5ccc(-n6c7ccccc7c7ccccc76)cc5c(-c5ccc6ccccc6c5)c5ccc(-n6c7ccccc7c7ccccc76)cc45)ccc3c2)cc1.